The number of carboxylic acids is 1. The van der Waals surface area contributed by atoms with E-state index >= 15 is 0 Å². The highest BCUT2D eigenvalue weighted by atomic mass is 16.5. The fourth-order valence-electron chi connectivity index (χ4n) is 1.35. The molecule has 0 aromatic carbocycles. The first-order valence-corrected chi connectivity index (χ1v) is 5.68. The van der Waals surface area contributed by atoms with Crippen molar-refractivity contribution in [1.29, 1.82) is 0 Å². The molecule has 2 N–H and O–H groups in total. The Morgan fingerprint density at radius 3 is 2.62 bits per heavy atom. The van der Waals surface area contributed by atoms with Gasteiger partial charge in [0.2, 0.25) is 5.91 Å². The van der Waals surface area contributed by atoms with E-state index in [0.717, 1.165) is 12.8 Å². The molecule has 0 aliphatic heterocycles. The van der Waals surface area contributed by atoms with E-state index in [4.69, 9.17) is 9.84 Å². The van der Waals surface area contributed by atoms with Gasteiger partial charge in [0.15, 0.2) is 0 Å². The fourth-order valence-corrected chi connectivity index (χ4v) is 1.35. The molecule has 5 nitrogen and oxygen atoms in total. The predicted octanol–water partition coefficient (Wildman–Crippen LogP) is 0.784. The van der Waals surface area contributed by atoms with Crippen LogP contribution in [0.25, 0.3) is 0 Å². The number of carboxylic acid groups (broad SMARTS) is 1. The van der Waals surface area contributed by atoms with Crippen LogP contribution in [0, 0.1) is 5.41 Å². The maximum atomic E-state index is 11.3. The summed E-state index contributed by atoms with van der Waals surface area (Å²) < 4.78 is 5.12. The second-order valence-electron chi connectivity index (χ2n) is 4.27. The van der Waals surface area contributed by atoms with Crippen molar-refractivity contribution in [2.24, 2.45) is 5.41 Å². The number of aliphatic carboxylic acids is 1. The van der Waals surface area contributed by atoms with Crippen molar-refractivity contribution in [2.45, 2.75) is 32.6 Å². The van der Waals surface area contributed by atoms with Crippen molar-refractivity contribution in [3.05, 3.63) is 0 Å². The molecule has 1 rings (SSSR count). The van der Waals surface area contributed by atoms with Crippen LogP contribution in [0.4, 0.5) is 0 Å². The third-order valence-electron chi connectivity index (χ3n) is 2.81. The number of carbonyl (C=O) groups excluding carboxylic acids is 1. The Labute approximate surface area is 95.2 Å². The van der Waals surface area contributed by atoms with Crippen LogP contribution in [0.1, 0.15) is 32.6 Å². The van der Waals surface area contributed by atoms with Crippen LogP contribution < -0.4 is 5.32 Å². The maximum absolute atomic E-state index is 11.3. The normalized spacial score (nSPS) is 16.8. The van der Waals surface area contributed by atoms with Gasteiger partial charge < -0.3 is 15.2 Å². The molecule has 0 bridgehead atoms. The second kappa shape index (κ2) is 5.84. The lowest BCUT2D eigenvalue weighted by molar-refractivity contribution is -0.143. The minimum absolute atomic E-state index is 0.0235. The molecule has 0 unspecified atom stereocenters. The van der Waals surface area contributed by atoms with E-state index in [-0.39, 0.29) is 19.1 Å². The van der Waals surface area contributed by atoms with Crippen LogP contribution in [0.3, 0.4) is 0 Å². The van der Waals surface area contributed by atoms with Gasteiger partial charge >= 0.3 is 5.97 Å². The van der Waals surface area contributed by atoms with Crippen molar-refractivity contribution in [3.8, 4) is 0 Å². The molecule has 0 radical (unpaired) electrons. The van der Waals surface area contributed by atoms with Crippen molar-refractivity contribution < 1.29 is 19.4 Å². The summed E-state index contributed by atoms with van der Waals surface area (Å²) in [5.41, 5.74) is -0.695. The van der Waals surface area contributed by atoms with Crippen LogP contribution >= 0.6 is 0 Å². The molecule has 0 atom stereocenters. The quantitative estimate of drug-likeness (QED) is 0.603. The minimum Gasteiger partial charge on any atom is -0.481 e. The van der Waals surface area contributed by atoms with E-state index < -0.39 is 11.4 Å². The molecule has 5 heteroatoms. The van der Waals surface area contributed by atoms with E-state index in [2.05, 4.69) is 5.32 Å². The predicted molar refractivity (Wildman–Crippen MR) is 58.0 cm³/mol. The number of carbonyl (C=O) groups is 2. The Morgan fingerprint density at radius 1 is 1.44 bits per heavy atom. The van der Waals surface area contributed by atoms with Crippen LogP contribution in [-0.4, -0.2) is 36.7 Å². The molecule has 0 aromatic rings. The molecule has 1 fully saturated rings. The highest BCUT2D eigenvalue weighted by Gasteiger charge is 2.50. The highest BCUT2D eigenvalue weighted by molar-refractivity contribution is 5.81. The summed E-state index contributed by atoms with van der Waals surface area (Å²) in [5, 5.41) is 11.5. The molecule has 0 aromatic heterocycles. The average Bonchev–Trinajstić information content (AvgIpc) is 3.03. The highest BCUT2D eigenvalue weighted by Crippen LogP contribution is 2.45. The largest absolute Gasteiger partial charge is 0.481 e. The van der Waals surface area contributed by atoms with Crippen molar-refractivity contribution >= 4 is 11.9 Å². The molecule has 1 aliphatic carbocycles. The average molecular weight is 229 g/mol. The van der Waals surface area contributed by atoms with Gasteiger partial charge in [-0.3, -0.25) is 9.59 Å². The third kappa shape index (κ3) is 3.81. The Morgan fingerprint density at radius 2 is 2.12 bits per heavy atom. The van der Waals surface area contributed by atoms with Gasteiger partial charge in [0, 0.05) is 13.2 Å². The topological polar surface area (TPSA) is 75.6 Å². The Balaban J connectivity index is 2.09. The zero-order valence-electron chi connectivity index (χ0n) is 9.62. The summed E-state index contributed by atoms with van der Waals surface area (Å²) in [6.45, 7) is 2.87. The van der Waals surface area contributed by atoms with Gasteiger partial charge in [0.25, 0.3) is 0 Å². The summed E-state index contributed by atoms with van der Waals surface area (Å²) in [6.07, 6.45) is 3.27. The second-order valence-corrected chi connectivity index (χ2v) is 4.27. The van der Waals surface area contributed by atoms with Gasteiger partial charge in [0.05, 0.1) is 5.41 Å². The zero-order chi connectivity index (χ0) is 12.0. The first-order chi connectivity index (χ1) is 7.60. The smallest absolute Gasteiger partial charge is 0.311 e. The van der Waals surface area contributed by atoms with E-state index in [1.165, 1.54) is 0 Å². The number of nitrogens with one attached hydrogen (secondary N) is 1. The number of rotatable bonds is 8. The van der Waals surface area contributed by atoms with Crippen molar-refractivity contribution in [1.82, 2.24) is 5.32 Å². The van der Waals surface area contributed by atoms with E-state index in [9.17, 15) is 9.59 Å². The maximum Gasteiger partial charge on any atom is 0.311 e. The first kappa shape index (κ1) is 13.0. The minimum atomic E-state index is -0.820. The van der Waals surface area contributed by atoms with Gasteiger partial charge in [-0.25, -0.2) is 0 Å². The number of ether oxygens (including phenoxy) is 1. The summed E-state index contributed by atoms with van der Waals surface area (Å²) in [5.74, 6) is -1.05. The SMILES string of the molecule is CCCCOCC(=O)NCC1(C(=O)O)CC1. The Bertz CT molecular complexity index is 261. The molecule has 1 aliphatic rings. The van der Waals surface area contributed by atoms with Gasteiger partial charge in [-0.05, 0) is 19.3 Å². The first-order valence-electron chi connectivity index (χ1n) is 5.68. The number of hydrogen-bond donors (Lipinski definition) is 2. The molecule has 92 valence electrons. The van der Waals surface area contributed by atoms with E-state index in [1.807, 2.05) is 6.92 Å². The van der Waals surface area contributed by atoms with E-state index in [0.29, 0.717) is 19.4 Å². The standard InChI is InChI=1S/C11H19NO4/c1-2-3-6-16-7-9(13)12-8-11(4-5-11)10(14)15/h2-8H2,1H3,(H,12,13)(H,14,15). The third-order valence-corrected chi connectivity index (χ3v) is 2.81. The summed E-state index contributed by atoms with van der Waals surface area (Å²) >= 11 is 0. The molecule has 1 saturated carbocycles. The van der Waals surface area contributed by atoms with Gasteiger partial charge in [-0.1, -0.05) is 13.3 Å². The monoisotopic (exact) mass is 229 g/mol. The van der Waals surface area contributed by atoms with E-state index in [1.54, 1.807) is 0 Å². The molecular weight excluding hydrogens is 210 g/mol. The van der Waals surface area contributed by atoms with Crippen LogP contribution in [-0.2, 0) is 14.3 Å². The van der Waals surface area contributed by atoms with Crippen LogP contribution in [0.15, 0.2) is 0 Å². The summed E-state index contributed by atoms with van der Waals surface area (Å²) in [4.78, 5) is 22.1. The molecule has 0 spiro atoms. The molecule has 1 amide bonds. The number of amides is 1. The van der Waals surface area contributed by atoms with Gasteiger partial charge in [0.1, 0.15) is 6.61 Å². The summed E-state index contributed by atoms with van der Waals surface area (Å²) in [7, 11) is 0. The Hall–Kier alpha value is -1.10. The number of unbranched alkanes of at least 4 members (excludes halogenated alkanes) is 1. The lowest BCUT2D eigenvalue weighted by Gasteiger charge is -2.11. The van der Waals surface area contributed by atoms with Crippen LogP contribution in [0.2, 0.25) is 0 Å². The zero-order valence-corrected chi connectivity index (χ0v) is 9.62. The van der Waals surface area contributed by atoms with Crippen molar-refractivity contribution in [3.63, 3.8) is 0 Å². The van der Waals surface area contributed by atoms with Crippen molar-refractivity contribution in [2.75, 3.05) is 19.8 Å². The van der Waals surface area contributed by atoms with Gasteiger partial charge in [-0.15, -0.1) is 0 Å². The lowest BCUT2D eigenvalue weighted by atomic mass is 10.1. The molecule has 16 heavy (non-hydrogen) atoms. The fraction of sp³-hybridized carbons (Fsp3) is 0.818. The number of hydrogen-bond acceptors (Lipinski definition) is 3. The molecular formula is C11H19NO4. The van der Waals surface area contributed by atoms with Crippen LogP contribution in [0.5, 0.6) is 0 Å². The Kier molecular flexibility index (Phi) is 4.73. The van der Waals surface area contributed by atoms with Gasteiger partial charge in [-0.2, -0.15) is 0 Å². The molecule has 0 saturated heterocycles. The summed E-state index contributed by atoms with van der Waals surface area (Å²) in [6, 6.07) is 0. The lowest BCUT2D eigenvalue weighted by Crippen LogP contribution is -2.36. The molecule has 0 heterocycles.